The summed E-state index contributed by atoms with van der Waals surface area (Å²) in [5.74, 6) is 2.63. The van der Waals surface area contributed by atoms with E-state index < -0.39 is 0 Å². The van der Waals surface area contributed by atoms with Crippen molar-refractivity contribution >= 4 is 11.4 Å². The van der Waals surface area contributed by atoms with Gasteiger partial charge in [0, 0.05) is 11.4 Å². The zero-order valence-electron chi connectivity index (χ0n) is 19.6. The highest BCUT2D eigenvalue weighted by molar-refractivity contribution is 5.71. The van der Waals surface area contributed by atoms with E-state index in [1.54, 1.807) is 14.2 Å². The van der Waals surface area contributed by atoms with E-state index in [0.717, 1.165) is 41.3 Å². The highest BCUT2D eigenvalue weighted by Crippen LogP contribution is 2.45. The molecule has 0 aromatic heterocycles. The molecule has 4 heteroatoms. The number of benzene rings is 4. The molecule has 0 N–H and O–H groups in total. The summed E-state index contributed by atoms with van der Waals surface area (Å²) in [6.45, 7) is 0.557. The third-order valence-electron chi connectivity index (χ3n) is 6.41. The van der Waals surface area contributed by atoms with E-state index in [-0.39, 0.29) is 6.04 Å². The van der Waals surface area contributed by atoms with Gasteiger partial charge >= 0.3 is 0 Å². The van der Waals surface area contributed by atoms with Crippen LogP contribution in [0.3, 0.4) is 0 Å². The van der Waals surface area contributed by atoms with Gasteiger partial charge in [-0.3, -0.25) is 0 Å². The Morgan fingerprint density at radius 3 is 2.12 bits per heavy atom. The number of methoxy groups -OCH3 is 2. The van der Waals surface area contributed by atoms with Gasteiger partial charge in [-0.05, 0) is 84.1 Å². The minimum Gasteiger partial charge on any atom is -0.497 e. The highest BCUT2D eigenvalue weighted by Gasteiger charge is 2.29. The molecule has 0 saturated heterocycles. The fraction of sp³-hybridized carbons (Fsp3) is 0.200. The molecule has 172 valence electrons. The first-order valence-electron chi connectivity index (χ1n) is 11.6. The molecule has 1 heterocycles. The van der Waals surface area contributed by atoms with Crippen molar-refractivity contribution in [1.29, 1.82) is 0 Å². The average molecular weight is 452 g/mol. The number of ether oxygens (including phenoxy) is 3. The van der Waals surface area contributed by atoms with Crippen LogP contribution < -0.4 is 19.1 Å². The Morgan fingerprint density at radius 1 is 0.735 bits per heavy atom. The first kappa shape index (κ1) is 21.9. The third-order valence-corrected chi connectivity index (χ3v) is 6.41. The van der Waals surface area contributed by atoms with E-state index in [2.05, 4.69) is 65.6 Å². The lowest BCUT2D eigenvalue weighted by molar-refractivity contribution is 0.306. The van der Waals surface area contributed by atoms with Crippen LogP contribution in [0.4, 0.5) is 11.4 Å². The molecule has 0 bridgehead atoms. The number of rotatable bonds is 7. The van der Waals surface area contributed by atoms with Crippen molar-refractivity contribution in [1.82, 2.24) is 0 Å². The van der Waals surface area contributed by atoms with Crippen LogP contribution in [0.15, 0.2) is 97.1 Å². The summed E-state index contributed by atoms with van der Waals surface area (Å²) in [6, 6.07) is 33.7. The molecular formula is C30H29NO3. The van der Waals surface area contributed by atoms with Crippen LogP contribution in [0, 0.1) is 0 Å². The molecule has 0 saturated carbocycles. The van der Waals surface area contributed by atoms with E-state index in [9.17, 15) is 0 Å². The Morgan fingerprint density at radius 2 is 1.41 bits per heavy atom. The monoisotopic (exact) mass is 451 g/mol. The fourth-order valence-electron chi connectivity index (χ4n) is 4.62. The zero-order valence-corrected chi connectivity index (χ0v) is 19.6. The molecule has 0 aliphatic carbocycles. The van der Waals surface area contributed by atoms with Crippen molar-refractivity contribution in [3.8, 4) is 17.2 Å². The average Bonchev–Trinajstić information content (AvgIpc) is 2.92. The SMILES string of the molecule is COc1ccc(C2CCc3cc(OC)ccc3N2c2ccc(OCc3ccccc3)cc2)cc1. The molecule has 4 nitrogen and oxygen atoms in total. The van der Waals surface area contributed by atoms with Crippen LogP contribution in [-0.4, -0.2) is 14.2 Å². The van der Waals surface area contributed by atoms with Crippen molar-refractivity contribution in [2.75, 3.05) is 19.1 Å². The second kappa shape index (κ2) is 9.92. The standard InChI is InChI=1S/C30H29NO3/c1-32-26-13-8-23(9-14-26)29-18-10-24-20-28(33-2)17-19-30(24)31(29)25-11-15-27(16-12-25)34-21-22-6-4-3-5-7-22/h3-9,11-17,19-20,29H,10,18,21H2,1-2H3. The van der Waals surface area contributed by atoms with E-state index in [1.165, 1.54) is 16.8 Å². The van der Waals surface area contributed by atoms with Gasteiger partial charge in [-0.1, -0.05) is 42.5 Å². The molecule has 5 rings (SSSR count). The molecule has 0 amide bonds. The number of anilines is 2. The topological polar surface area (TPSA) is 30.9 Å². The van der Waals surface area contributed by atoms with Crippen molar-refractivity contribution in [3.05, 3.63) is 114 Å². The maximum Gasteiger partial charge on any atom is 0.119 e. The molecule has 0 radical (unpaired) electrons. The predicted octanol–water partition coefficient (Wildman–Crippen LogP) is 7.11. The van der Waals surface area contributed by atoms with Crippen LogP contribution in [-0.2, 0) is 13.0 Å². The number of hydrogen-bond donors (Lipinski definition) is 0. The van der Waals surface area contributed by atoms with E-state index in [1.807, 2.05) is 36.4 Å². The largest absolute Gasteiger partial charge is 0.497 e. The zero-order chi connectivity index (χ0) is 23.3. The molecule has 0 fully saturated rings. The summed E-state index contributed by atoms with van der Waals surface area (Å²) in [7, 11) is 3.42. The smallest absolute Gasteiger partial charge is 0.119 e. The van der Waals surface area contributed by atoms with E-state index in [4.69, 9.17) is 14.2 Å². The van der Waals surface area contributed by atoms with E-state index >= 15 is 0 Å². The Bertz CT molecular complexity index is 1220. The van der Waals surface area contributed by atoms with Gasteiger partial charge in [-0.25, -0.2) is 0 Å². The fourth-order valence-corrected chi connectivity index (χ4v) is 4.62. The van der Waals surface area contributed by atoms with Crippen molar-refractivity contribution < 1.29 is 14.2 Å². The van der Waals surface area contributed by atoms with Gasteiger partial charge in [0.05, 0.1) is 20.3 Å². The first-order chi connectivity index (χ1) is 16.7. The summed E-state index contributed by atoms with van der Waals surface area (Å²) >= 11 is 0. The maximum absolute atomic E-state index is 6.02. The van der Waals surface area contributed by atoms with Gasteiger partial charge in [0.1, 0.15) is 23.9 Å². The minimum absolute atomic E-state index is 0.225. The second-order valence-electron chi connectivity index (χ2n) is 8.46. The molecule has 4 aromatic rings. The Balaban J connectivity index is 1.45. The van der Waals surface area contributed by atoms with Gasteiger partial charge in [0.25, 0.3) is 0 Å². The van der Waals surface area contributed by atoms with Crippen molar-refractivity contribution in [2.45, 2.75) is 25.5 Å². The van der Waals surface area contributed by atoms with Crippen LogP contribution in [0.5, 0.6) is 17.2 Å². The Labute approximate surface area is 201 Å². The van der Waals surface area contributed by atoms with Gasteiger partial charge in [0.2, 0.25) is 0 Å². The second-order valence-corrected chi connectivity index (χ2v) is 8.46. The Kier molecular flexibility index (Phi) is 6.39. The molecule has 34 heavy (non-hydrogen) atoms. The summed E-state index contributed by atoms with van der Waals surface area (Å²) in [5, 5.41) is 0. The summed E-state index contributed by atoms with van der Waals surface area (Å²) in [6.07, 6.45) is 2.01. The van der Waals surface area contributed by atoms with Gasteiger partial charge in [-0.2, -0.15) is 0 Å². The van der Waals surface area contributed by atoms with Crippen molar-refractivity contribution in [2.24, 2.45) is 0 Å². The third kappa shape index (κ3) is 4.58. The predicted molar refractivity (Wildman–Crippen MR) is 136 cm³/mol. The van der Waals surface area contributed by atoms with Gasteiger partial charge < -0.3 is 19.1 Å². The van der Waals surface area contributed by atoms with E-state index in [0.29, 0.717) is 6.61 Å². The van der Waals surface area contributed by atoms with Gasteiger partial charge in [-0.15, -0.1) is 0 Å². The lowest BCUT2D eigenvalue weighted by Gasteiger charge is -2.39. The lowest BCUT2D eigenvalue weighted by Crippen LogP contribution is -2.29. The minimum atomic E-state index is 0.225. The summed E-state index contributed by atoms with van der Waals surface area (Å²) < 4.78 is 16.9. The summed E-state index contributed by atoms with van der Waals surface area (Å²) in [5.41, 5.74) is 6.08. The van der Waals surface area contributed by atoms with Crippen molar-refractivity contribution in [3.63, 3.8) is 0 Å². The van der Waals surface area contributed by atoms with Gasteiger partial charge in [0.15, 0.2) is 0 Å². The molecular weight excluding hydrogens is 422 g/mol. The van der Waals surface area contributed by atoms with Crippen LogP contribution in [0.2, 0.25) is 0 Å². The Hall–Kier alpha value is -3.92. The molecule has 4 aromatic carbocycles. The van der Waals surface area contributed by atoms with Crippen LogP contribution >= 0.6 is 0 Å². The number of aryl methyl sites for hydroxylation is 1. The molecule has 1 unspecified atom stereocenters. The highest BCUT2D eigenvalue weighted by atomic mass is 16.5. The number of fused-ring (bicyclic) bond motifs is 1. The van der Waals surface area contributed by atoms with Crippen LogP contribution in [0.1, 0.15) is 29.2 Å². The molecule has 1 aliphatic rings. The molecule has 0 spiro atoms. The lowest BCUT2D eigenvalue weighted by atomic mass is 9.90. The number of hydrogen-bond acceptors (Lipinski definition) is 4. The number of nitrogens with zero attached hydrogens (tertiary/aromatic N) is 1. The first-order valence-corrected chi connectivity index (χ1v) is 11.6. The quantitative estimate of drug-likeness (QED) is 0.300. The normalized spacial score (nSPS) is 14.9. The molecule has 1 aliphatic heterocycles. The maximum atomic E-state index is 6.02. The molecule has 1 atom stereocenters. The summed E-state index contributed by atoms with van der Waals surface area (Å²) in [4.78, 5) is 2.43. The van der Waals surface area contributed by atoms with Crippen LogP contribution in [0.25, 0.3) is 0 Å².